The van der Waals surface area contributed by atoms with E-state index < -0.39 is 16.9 Å². The van der Waals surface area contributed by atoms with Crippen LogP contribution in [0, 0.1) is 0 Å². The number of ether oxygens (including phenoxy) is 1. The predicted octanol–water partition coefficient (Wildman–Crippen LogP) is 2.61. The number of hydrogen-bond donors (Lipinski definition) is 1. The number of carbonyl (C=O) groups is 3. The molecule has 1 aromatic carbocycles. The van der Waals surface area contributed by atoms with Gasteiger partial charge >= 0.3 is 5.97 Å². The number of hydrogen-bond acceptors (Lipinski definition) is 5. The molecule has 26 heavy (non-hydrogen) atoms. The second-order valence-corrected chi connectivity index (χ2v) is 8.44. The molecule has 0 spiro atoms. The molecule has 1 saturated heterocycles. The number of thioether (sulfide) groups is 1. The molecule has 1 N–H and O–H groups in total. The average Bonchev–Trinajstić information content (AvgIpc) is 3.31. The molecular weight excluding hydrogens is 352 g/mol. The van der Waals surface area contributed by atoms with Crippen LogP contribution >= 0.6 is 11.8 Å². The van der Waals surface area contributed by atoms with Crippen molar-refractivity contribution in [2.45, 2.75) is 67.4 Å². The summed E-state index contributed by atoms with van der Waals surface area (Å²) in [5.74, 6) is -0.862. The first-order valence-electron chi connectivity index (χ1n) is 9.14. The van der Waals surface area contributed by atoms with Crippen LogP contribution in [0.4, 0.5) is 5.69 Å². The Hall–Kier alpha value is -2.02. The monoisotopic (exact) mass is 374 g/mol. The first-order chi connectivity index (χ1) is 12.5. The number of rotatable bonds is 4. The molecular formula is C19H22N2O4S. The lowest BCUT2D eigenvalue weighted by Gasteiger charge is -2.30. The Kier molecular flexibility index (Phi) is 4.42. The zero-order valence-electron chi connectivity index (χ0n) is 14.7. The molecule has 7 heteroatoms. The van der Waals surface area contributed by atoms with E-state index >= 15 is 0 Å². The van der Waals surface area contributed by atoms with Gasteiger partial charge < -0.3 is 10.1 Å². The van der Waals surface area contributed by atoms with Gasteiger partial charge in [-0.2, -0.15) is 0 Å². The van der Waals surface area contributed by atoms with Gasteiger partial charge in [-0.3, -0.25) is 14.5 Å². The summed E-state index contributed by atoms with van der Waals surface area (Å²) in [6.07, 6.45) is 4.01. The van der Waals surface area contributed by atoms with Crippen LogP contribution in [0.25, 0.3) is 0 Å². The van der Waals surface area contributed by atoms with Crippen molar-refractivity contribution >= 4 is 35.2 Å². The predicted molar refractivity (Wildman–Crippen MR) is 97.7 cm³/mol. The van der Waals surface area contributed by atoms with Gasteiger partial charge in [-0.25, -0.2) is 4.79 Å². The molecule has 3 aliphatic rings. The molecule has 2 heterocycles. The second kappa shape index (κ2) is 6.61. The molecule has 0 aromatic heterocycles. The highest BCUT2D eigenvalue weighted by Gasteiger charge is 2.58. The summed E-state index contributed by atoms with van der Waals surface area (Å²) in [7, 11) is 0. The van der Waals surface area contributed by atoms with Crippen LogP contribution < -0.4 is 10.2 Å². The molecule has 2 aliphatic heterocycles. The Labute approximate surface area is 156 Å². The molecule has 1 aliphatic carbocycles. The smallest absolute Gasteiger partial charge is 0.344 e. The number of para-hydroxylation sites is 1. The molecule has 2 amide bonds. The third kappa shape index (κ3) is 2.78. The fourth-order valence-electron chi connectivity index (χ4n) is 3.97. The quantitative estimate of drug-likeness (QED) is 0.820. The number of esters is 1. The van der Waals surface area contributed by atoms with E-state index in [1.807, 2.05) is 24.3 Å². The molecule has 4 rings (SSSR count). The fourth-order valence-corrected chi connectivity index (χ4v) is 5.37. The van der Waals surface area contributed by atoms with Crippen molar-refractivity contribution in [2.24, 2.45) is 0 Å². The van der Waals surface area contributed by atoms with Gasteiger partial charge in [0.25, 0.3) is 5.91 Å². The zero-order valence-corrected chi connectivity index (χ0v) is 15.5. The van der Waals surface area contributed by atoms with Crippen molar-refractivity contribution in [3.63, 3.8) is 0 Å². The van der Waals surface area contributed by atoms with E-state index in [1.54, 1.807) is 11.8 Å². The SMILES string of the molecule is C[C@H](OC(=O)[C@]12CCC(=O)N1c1ccccc1S2)C(=O)NC1CCCC1. The van der Waals surface area contributed by atoms with E-state index in [1.165, 1.54) is 11.8 Å². The third-order valence-electron chi connectivity index (χ3n) is 5.35. The summed E-state index contributed by atoms with van der Waals surface area (Å²) >= 11 is 1.35. The number of fused-ring (bicyclic) bond motifs is 3. The van der Waals surface area contributed by atoms with Crippen LogP contribution in [0.2, 0.25) is 0 Å². The lowest BCUT2D eigenvalue weighted by molar-refractivity contribution is -0.157. The Morgan fingerprint density at radius 2 is 2.04 bits per heavy atom. The van der Waals surface area contributed by atoms with Crippen LogP contribution in [-0.4, -0.2) is 34.8 Å². The Balaban J connectivity index is 1.49. The summed E-state index contributed by atoms with van der Waals surface area (Å²) in [6.45, 7) is 1.59. The van der Waals surface area contributed by atoms with E-state index in [0.29, 0.717) is 12.8 Å². The minimum absolute atomic E-state index is 0.0811. The molecule has 2 atom stereocenters. The summed E-state index contributed by atoms with van der Waals surface area (Å²) in [4.78, 5) is 39.1. The number of benzene rings is 1. The first-order valence-corrected chi connectivity index (χ1v) is 9.95. The maximum Gasteiger partial charge on any atom is 0.344 e. The maximum atomic E-state index is 13.0. The van der Waals surface area contributed by atoms with Crippen LogP contribution in [0.3, 0.4) is 0 Å². The maximum absolute atomic E-state index is 13.0. The van der Waals surface area contributed by atoms with E-state index in [9.17, 15) is 14.4 Å². The fraction of sp³-hybridized carbons (Fsp3) is 0.526. The molecule has 2 fully saturated rings. The normalized spacial score (nSPS) is 25.7. The topological polar surface area (TPSA) is 75.7 Å². The molecule has 1 saturated carbocycles. The molecule has 0 bridgehead atoms. The van der Waals surface area contributed by atoms with Crippen LogP contribution in [-0.2, 0) is 19.1 Å². The highest BCUT2D eigenvalue weighted by atomic mass is 32.2. The van der Waals surface area contributed by atoms with Gasteiger partial charge in [0.05, 0.1) is 5.69 Å². The van der Waals surface area contributed by atoms with Gasteiger partial charge in [-0.05, 0) is 31.9 Å². The van der Waals surface area contributed by atoms with Gasteiger partial charge in [0.2, 0.25) is 5.91 Å². The molecule has 0 radical (unpaired) electrons. The van der Waals surface area contributed by atoms with Gasteiger partial charge in [-0.15, -0.1) is 0 Å². The average molecular weight is 374 g/mol. The zero-order chi connectivity index (χ0) is 18.3. The van der Waals surface area contributed by atoms with Crippen molar-refractivity contribution in [1.29, 1.82) is 0 Å². The van der Waals surface area contributed by atoms with E-state index in [-0.39, 0.29) is 17.9 Å². The van der Waals surface area contributed by atoms with Crippen molar-refractivity contribution in [2.75, 3.05) is 4.90 Å². The Morgan fingerprint density at radius 1 is 1.31 bits per heavy atom. The van der Waals surface area contributed by atoms with Crippen molar-refractivity contribution in [1.82, 2.24) is 5.32 Å². The minimum atomic E-state index is -1.08. The van der Waals surface area contributed by atoms with Crippen molar-refractivity contribution in [3.8, 4) is 0 Å². The second-order valence-electron chi connectivity index (χ2n) is 7.12. The highest BCUT2D eigenvalue weighted by molar-refractivity contribution is 8.02. The minimum Gasteiger partial charge on any atom is -0.450 e. The first kappa shape index (κ1) is 17.4. The van der Waals surface area contributed by atoms with Gasteiger partial charge in [0, 0.05) is 23.8 Å². The lowest BCUT2D eigenvalue weighted by Crippen LogP contribution is -2.50. The number of carbonyl (C=O) groups excluding carboxylic acids is 3. The van der Waals surface area contributed by atoms with Crippen molar-refractivity contribution in [3.05, 3.63) is 24.3 Å². The van der Waals surface area contributed by atoms with Crippen molar-refractivity contribution < 1.29 is 19.1 Å². The highest BCUT2D eigenvalue weighted by Crippen LogP contribution is 2.56. The Bertz CT molecular complexity index is 762. The number of anilines is 1. The van der Waals surface area contributed by atoms with E-state index in [0.717, 1.165) is 36.3 Å². The van der Waals surface area contributed by atoms with Crippen LogP contribution in [0.15, 0.2) is 29.2 Å². The van der Waals surface area contributed by atoms with Crippen LogP contribution in [0.1, 0.15) is 45.4 Å². The van der Waals surface area contributed by atoms with Gasteiger partial charge in [0.15, 0.2) is 11.0 Å². The Morgan fingerprint density at radius 3 is 2.81 bits per heavy atom. The summed E-state index contributed by atoms with van der Waals surface area (Å²) in [5.41, 5.74) is 0.750. The van der Waals surface area contributed by atoms with E-state index in [4.69, 9.17) is 4.74 Å². The lowest BCUT2D eigenvalue weighted by atomic mass is 10.2. The third-order valence-corrected chi connectivity index (χ3v) is 6.80. The summed E-state index contributed by atoms with van der Waals surface area (Å²) in [5, 5.41) is 2.95. The number of nitrogens with one attached hydrogen (secondary N) is 1. The van der Waals surface area contributed by atoms with Gasteiger partial charge in [-0.1, -0.05) is 36.7 Å². The summed E-state index contributed by atoms with van der Waals surface area (Å²) < 4.78 is 5.52. The molecule has 6 nitrogen and oxygen atoms in total. The van der Waals surface area contributed by atoms with Crippen LogP contribution in [0.5, 0.6) is 0 Å². The largest absolute Gasteiger partial charge is 0.450 e. The number of amides is 2. The standard InChI is InChI=1S/C19H22N2O4S/c1-12(17(23)20-13-6-2-3-7-13)25-18(24)19-11-10-16(22)21(19)14-8-4-5-9-15(14)26-19/h4-5,8-9,12-13H,2-3,6-7,10-11H2,1H3,(H,20,23)/t12-,19+/m0/s1. The number of nitrogens with zero attached hydrogens (tertiary/aromatic N) is 1. The van der Waals surface area contributed by atoms with Gasteiger partial charge in [0.1, 0.15) is 0 Å². The molecule has 0 unspecified atom stereocenters. The summed E-state index contributed by atoms with van der Waals surface area (Å²) in [6, 6.07) is 7.66. The molecule has 1 aromatic rings. The molecule has 138 valence electrons. The van der Waals surface area contributed by atoms with E-state index in [2.05, 4.69) is 5.32 Å².